The molecule has 0 aromatic carbocycles. The molecule has 0 radical (unpaired) electrons. The van der Waals surface area contributed by atoms with Gasteiger partial charge in [-0.05, 0) is 12.5 Å². The number of rotatable bonds is 4. The van der Waals surface area contributed by atoms with Crippen LogP contribution in [0.5, 0.6) is 0 Å². The van der Waals surface area contributed by atoms with E-state index in [0.29, 0.717) is 0 Å². The number of aryl methyl sites for hydroxylation is 1. The molecule has 1 heterocycles. The molecule has 0 aliphatic carbocycles. The smallest absolute Gasteiger partial charge is 0.261 e. The molecule has 1 unspecified atom stereocenters. The normalized spacial score (nSPS) is 15.0. The second kappa shape index (κ2) is 5.79. The van der Waals surface area contributed by atoms with Gasteiger partial charge in [0.25, 0.3) is 0 Å². The van der Waals surface area contributed by atoms with Crippen LogP contribution < -0.4 is 0 Å². The van der Waals surface area contributed by atoms with E-state index in [9.17, 15) is 34.8 Å². The Balaban J connectivity index is 3.33. The van der Waals surface area contributed by atoms with Gasteiger partial charge >= 0.3 is 21.8 Å². The molecule has 120 valence electrons. The van der Waals surface area contributed by atoms with Crippen LogP contribution in [0.2, 0.25) is 0 Å². The van der Waals surface area contributed by atoms with Gasteiger partial charge in [0.15, 0.2) is 6.10 Å². The summed E-state index contributed by atoms with van der Waals surface area (Å²) >= 11 is 0. The lowest BCUT2D eigenvalue weighted by molar-refractivity contribution is -0.200. The summed E-state index contributed by atoms with van der Waals surface area (Å²) in [5.41, 5.74) is -6.94. The highest BCUT2D eigenvalue weighted by Crippen LogP contribution is 2.40. The van der Waals surface area contributed by atoms with Crippen LogP contribution in [-0.4, -0.2) is 25.1 Å². The van der Waals surface area contributed by atoms with Gasteiger partial charge in [-0.2, -0.15) is 34.8 Å². The van der Waals surface area contributed by atoms with Crippen molar-refractivity contribution in [3.8, 4) is 0 Å². The van der Waals surface area contributed by atoms with Gasteiger partial charge in [-0.25, -0.2) is 4.18 Å². The van der Waals surface area contributed by atoms with Crippen molar-refractivity contribution in [1.29, 1.82) is 0 Å². The second-order valence-corrected chi connectivity index (χ2v) is 5.37. The van der Waals surface area contributed by atoms with Gasteiger partial charge in [0.05, 0.1) is 0 Å². The highest BCUT2D eigenvalue weighted by molar-refractivity contribution is 7.87. The zero-order valence-electron chi connectivity index (χ0n) is 10.4. The van der Waals surface area contributed by atoms with Crippen LogP contribution in [0.25, 0.3) is 0 Å². The summed E-state index contributed by atoms with van der Waals surface area (Å²) in [6.45, 7) is 1.41. The van der Waals surface area contributed by atoms with Gasteiger partial charge in [-0.15, -0.1) is 0 Å². The molecule has 0 bridgehead atoms. The van der Waals surface area contributed by atoms with Gasteiger partial charge in [0, 0.05) is 17.5 Å². The first-order valence-corrected chi connectivity index (χ1v) is 6.81. The van der Waals surface area contributed by atoms with Crippen molar-refractivity contribution in [2.45, 2.75) is 31.1 Å². The van der Waals surface area contributed by atoms with Crippen LogP contribution in [-0.2, 0) is 20.7 Å². The van der Waals surface area contributed by atoms with Gasteiger partial charge in [0.1, 0.15) is 0 Å². The van der Waals surface area contributed by atoms with Crippen molar-refractivity contribution < 1.29 is 38.9 Å². The topological polar surface area (TPSA) is 56.3 Å². The highest BCUT2D eigenvalue weighted by Gasteiger charge is 2.54. The maximum Gasteiger partial charge on any atom is 0.523 e. The van der Waals surface area contributed by atoms with Crippen molar-refractivity contribution in [2.75, 3.05) is 0 Å². The Kier molecular flexibility index (Phi) is 4.88. The Labute approximate surface area is 115 Å². The van der Waals surface area contributed by atoms with E-state index in [2.05, 4.69) is 9.17 Å². The third-order valence-corrected chi connectivity index (χ3v) is 3.36. The predicted molar refractivity (Wildman–Crippen MR) is 58.5 cm³/mol. The summed E-state index contributed by atoms with van der Waals surface area (Å²) in [7, 11) is -6.40. The van der Waals surface area contributed by atoms with Crippen LogP contribution in [0.1, 0.15) is 24.3 Å². The molecule has 1 atom stereocenters. The first-order chi connectivity index (χ1) is 9.40. The van der Waals surface area contributed by atoms with Crippen molar-refractivity contribution in [1.82, 2.24) is 4.98 Å². The molecule has 1 aromatic heterocycles. The van der Waals surface area contributed by atoms with Gasteiger partial charge in [0.2, 0.25) is 0 Å². The highest BCUT2D eigenvalue weighted by atomic mass is 32.2. The number of aromatic nitrogens is 1. The van der Waals surface area contributed by atoms with Gasteiger partial charge < -0.3 is 0 Å². The maximum absolute atomic E-state index is 12.9. The summed E-state index contributed by atoms with van der Waals surface area (Å²) in [4.78, 5) is 3.57. The van der Waals surface area contributed by atoms with E-state index < -0.39 is 33.5 Å². The minimum absolute atomic E-state index is 0.0435. The third-order valence-electron chi connectivity index (χ3n) is 2.35. The first-order valence-electron chi connectivity index (χ1n) is 5.40. The van der Waals surface area contributed by atoms with Crippen molar-refractivity contribution in [2.24, 2.45) is 0 Å². The minimum atomic E-state index is -6.40. The Morgan fingerprint density at radius 2 is 1.81 bits per heavy atom. The summed E-state index contributed by atoms with van der Waals surface area (Å²) in [6.07, 6.45) is -7.54. The van der Waals surface area contributed by atoms with Crippen LogP contribution >= 0.6 is 0 Å². The number of alkyl halides is 6. The molecular formula is C10H9F6NO3S. The fourth-order valence-electron chi connectivity index (χ4n) is 1.45. The summed E-state index contributed by atoms with van der Waals surface area (Å²) in [5.74, 6) is 0. The number of hydrogen-bond acceptors (Lipinski definition) is 4. The Morgan fingerprint density at radius 3 is 2.24 bits per heavy atom. The fourth-order valence-corrected chi connectivity index (χ4v) is 2.02. The molecule has 0 aliphatic rings. The Morgan fingerprint density at radius 1 is 1.24 bits per heavy atom. The molecule has 11 heteroatoms. The lowest BCUT2D eigenvalue weighted by Gasteiger charge is -2.22. The zero-order valence-corrected chi connectivity index (χ0v) is 11.2. The van der Waals surface area contributed by atoms with Crippen LogP contribution in [0.4, 0.5) is 26.3 Å². The zero-order chi connectivity index (χ0) is 16.5. The summed E-state index contributed by atoms with van der Waals surface area (Å²) in [6, 6.07) is 1.85. The molecule has 1 aromatic rings. The van der Waals surface area contributed by atoms with E-state index in [1.165, 1.54) is 6.92 Å². The number of nitrogens with zero attached hydrogens (tertiary/aromatic N) is 1. The average molecular weight is 337 g/mol. The molecule has 0 saturated heterocycles. The summed E-state index contributed by atoms with van der Waals surface area (Å²) in [5, 5.41) is 0. The molecule has 0 amide bonds. The SMILES string of the molecule is CCc1ncccc1C(OS(=O)(=O)C(F)(F)F)C(F)(F)F. The van der Waals surface area contributed by atoms with Crippen LogP contribution in [0, 0.1) is 0 Å². The summed E-state index contributed by atoms with van der Waals surface area (Å²) < 4.78 is 100. The maximum atomic E-state index is 12.9. The molecule has 21 heavy (non-hydrogen) atoms. The van der Waals surface area contributed by atoms with E-state index >= 15 is 0 Å². The van der Waals surface area contributed by atoms with Crippen LogP contribution in [0.3, 0.4) is 0 Å². The Hall–Kier alpha value is -1.36. The number of pyridine rings is 1. The monoisotopic (exact) mass is 337 g/mol. The molecule has 0 N–H and O–H groups in total. The molecule has 0 saturated carbocycles. The molecule has 4 nitrogen and oxygen atoms in total. The van der Waals surface area contributed by atoms with E-state index in [0.717, 1.165) is 18.3 Å². The van der Waals surface area contributed by atoms with Gasteiger partial charge in [-0.3, -0.25) is 4.98 Å². The molecule has 1 rings (SSSR count). The van der Waals surface area contributed by atoms with E-state index in [4.69, 9.17) is 0 Å². The van der Waals surface area contributed by atoms with Crippen LogP contribution in [0.15, 0.2) is 18.3 Å². The average Bonchev–Trinajstić information content (AvgIpc) is 2.33. The van der Waals surface area contributed by atoms with Crippen molar-refractivity contribution in [3.63, 3.8) is 0 Å². The quantitative estimate of drug-likeness (QED) is 0.481. The second-order valence-electron chi connectivity index (χ2n) is 3.81. The number of halogens is 6. The van der Waals surface area contributed by atoms with E-state index in [1.807, 2.05) is 0 Å². The van der Waals surface area contributed by atoms with E-state index in [-0.39, 0.29) is 12.1 Å². The van der Waals surface area contributed by atoms with Gasteiger partial charge in [-0.1, -0.05) is 13.0 Å². The fraction of sp³-hybridized carbons (Fsp3) is 0.500. The van der Waals surface area contributed by atoms with Crippen molar-refractivity contribution >= 4 is 10.1 Å². The predicted octanol–water partition coefficient (Wildman–Crippen LogP) is 3.11. The molecule has 0 spiro atoms. The molecular weight excluding hydrogens is 328 g/mol. The lowest BCUT2D eigenvalue weighted by atomic mass is 10.1. The van der Waals surface area contributed by atoms with E-state index in [1.54, 1.807) is 0 Å². The van der Waals surface area contributed by atoms with Crippen molar-refractivity contribution in [3.05, 3.63) is 29.6 Å². The third kappa shape index (κ3) is 4.06. The largest absolute Gasteiger partial charge is 0.523 e. The Bertz CT molecular complexity index is 596. The lowest BCUT2D eigenvalue weighted by Crippen LogP contribution is -2.33. The first kappa shape index (κ1) is 17.7. The molecule has 0 aliphatic heterocycles. The minimum Gasteiger partial charge on any atom is -0.261 e. The number of hydrogen-bond donors (Lipinski definition) is 0. The standard InChI is InChI=1S/C10H9F6NO3S/c1-2-7-6(4-3-5-17-7)8(9(11,12)13)20-21(18,19)10(14,15)16/h3-5,8H,2H2,1H3. The molecule has 0 fully saturated rings.